The van der Waals surface area contributed by atoms with Crippen molar-refractivity contribution >= 4 is 11.8 Å². The molecule has 0 aliphatic carbocycles. The molecule has 0 aliphatic rings. The predicted molar refractivity (Wildman–Crippen MR) is 65.3 cm³/mol. The van der Waals surface area contributed by atoms with E-state index in [0.29, 0.717) is 17.1 Å². The third-order valence-electron chi connectivity index (χ3n) is 2.17. The van der Waals surface area contributed by atoms with Gasteiger partial charge in [0.2, 0.25) is 0 Å². The maximum atomic E-state index is 11.2. The van der Waals surface area contributed by atoms with Gasteiger partial charge in [-0.1, -0.05) is 0 Å². The lowest BCUT2D eigenvalue weighted by Crippen LogP contribution is -2.00. The Hall–Kier alpha value is -2.30. The molecule has 1 aromatic rings. The van der Waals surface area contributed by atoms with E-state index >= 15 is 0 Å². The number of carboxylic acid groups (broad SMARTS) is 1. The molecule has 5 heteroatoms. The van der Waals surface area contributed by atoms with E-state index in [1.165, 1.54) is 20.1 Å². The highest BCUT2D eigenvalue weighted by atomic mass is 16.5. The SMILES string of the molecule is COc1cc(C(C)=O)ccc1OCC=CC(=O)O. The Kier molecular flexibility index (Phi) is 4.92. The summed E-state index contributed by atoms with van der Waals surface area (Å²) in [4.78, 5) is 21.4. The Morgan fingerprint density at radius 3 is 2.61 bits per heavy atom. The minimum Gasteiger partial charge on any atom is -0.493 e. The third-order valence-corrected chi connectivity index (χ3v) is 2.17. The van der Waals surface area contributed by atoms with Crippen LogP contribution < -0.4 is 9.47 Å². The van der Waals surface area contributed by atoms with E-state index in [2.05, 4.69) is 0 Å². The van der Waals surface area contributed by atoms with Crippen LogP contribution in [0.1, 0.15) is 17.3 Å². The van der Waals surface area contributed by atoms with Gasteiger partial charge in [-0.2, -0.15) is 0 Å². The smallest absolute Gasteiger partial charge is 0.328 e. The Labute approximate surface area is 105 Å². The molecule has 0 unspecified atom stereocenters. The van der Waals surface area contributed by atoms with E-state index in [4.69, 9.17) is 14.6 Å². The minimum atomic E-state index is -1.03. The first-order chi connectivity index (χ1) is 8.54. The zero-order valence-electron chi connectivity index (χ0n) is 10.2. The lowest BCUT2D eigenvalue weighted by atomic mass is 10.1. The summed E-state index contributed by atoms with van der Waals surface area (Å²) >= 11 is 0. The molecular weight excluding hydrogens is 236 g/mol. The first kappa shape index (κ1) is 13.8. The lowest BCUT2D eigenvalue weighted by Gasteiger charge is -2.09. The van der Waals surface area contributed by atoms with Gasteiger partial charge in [-0.15, -0.1) is 0 Å². The van der Waals surface area contributed by atoms with Crippen molar-refractivity contribution in [3.8, 4) is 11.5 Å². The quantitative estimate of drug-likeness (QED) is 0.616. The molecule has 96 valence electrons. The Morgan fingerprint density at radius 2 is 2.06 bits per heavy atom. The predicted octanol–water partition coefficient (Wildman–Crippen LogP) is 1.92. The molecule has 0 amide bonds. The second-order valence-corrected chi connectivity index (χ2v) is 3.47. The van der Waals surface area contributed by atoms with Gasteiger partial charge in [0.05, 0.1) is 7.11 Å². The van der Waals surface area contributed by atoms with Crippen molar-refractivity contribution in [1.82, 2.24) is 0 Å². The van der Waals surface area contributed by atoms with E-state index in [0.717, 1.165) is 6.08 Å². The van der Waals surface area contributed by atoms with Crippen molar-refractivity contribution in [3.05, 3.63) is 35.9 Å². The number of carboxylic acids is 1. The van der Waals surface area contributed by atoms with Crippen molar-refractivity contribution in [2.45, 2.75) is 6.92 Å². The number of ether oxygens (including phenoxy) is 2. The van der Waals surface area contributed by atoms with Gasteiger partial charge in [-0.25, -0.2) is 4.79 Å². The van der Waals surface area contributed by atoms with Crippen LogP contribution in [-0.2, 0) is 4.79 Å². The molecule has 0 bridgehead atoms. The van der Waals surface area contributed by atoms with E-state index in [1.54, 1.807) is 18.2 Å². The molecule has 0 saturated carbocycles. The summed E-state index contributed by atoms with van der Waals surface area (Å²) in [5.41, 5.74) is 0.528. The molecule has 0 heterocycles. The van der Waals surface area contributed by atoms with Crippen molar-refractivity contribution in [2.24, 2.45) is 0 Å². The average Bonchev–Trinajstić information content (AvgIpc) is 2.34. The van der Waals surface area contributed by atoms with Crippen LogP contribution in [0.25, 0.3) is 0 Å². The van der Waals surface area contributed by atoms with Gasteiger partial charge in [0.1, 0.15) is 6.61 Å². The van der Waals surface area contributed by atoms with Crippen LogP contribution in [0.15, 0.2) is 30.4 Å². The van der Waals surface area contributed by atoms with Crippen LogP contribution in [0.4, 0.5) is 0 Å². The number of Topliss-reactive ketones (excluding diaryl/α,β-unsaturated/α-hetero) is 1. The summed E-state index contributed by atoms with van der Waals surface area (Å²) in [5, 5.41) is 8.40. The maximum Gasteiger partial charge on any atom is 0.328 e. The van der Waals surface area contributed by atoms with Crippen LogP contribution in [-0.4, -0.2) is 30.6 Å². The number of ketones is 1. The molecule has 0 spiro atoms. The Bertz CT molecular complexity index is 476. The molecule has 0 radical (unpaired) electrons. The second-order valence-electron chi connectivity index (χ2n) is 3.47. The van der Waals surface area contributed by atoms with E-state index < -0.39 is 5.97 Å². The fourth-order valence-electron chi connectivity index (χ4n) is 1.29. The first-order valence-electron chi connectivity index (χ1n) is 5.26. The van der Waals surface area contributed by atoms with Crippen molar-refractivity contribution in [1.29, 1.82) is 0 Å². The Balaban J connectivity index is 2.77. The fourth-order valence-corrected chi connectivity index (χ4v) is 1.29. The summed E-state index contributed by atoms with van der Waals surface area (Å²) < 4.78 is 10.4. The molecule has 0 fully saturated rings. The number of benzene rings is 1. The molecule has 0 saturated heterocycles. The molecule has 5 nitrogen and oxygen atoms in total. The monoisotopic (exact) mass is 250 g/mol. The number of carbonyl (C=O) groups excluding carboxylic acids is 1. The molecule has 0 aromatic heterocycles. The first-order valence-corrected chi connectivity index (χ1v) is 5.26. The van der Waals surface area contributed by atoms with E-state index in [-0.39, 0.29) is 12.4 Å². The van der Waals surface area contributed by atoms with Crippen LogP contribution in [0.2, 0.25) is 0 Å². The highest BCUT2D eigenvalue weighted by Gasteiger charge is 2.07. The summed E-state index contributed by atoms with van der Waals surface area (Å²) in [6.07, 6.45) is 2.37. The zero-order valence-corrected chi connectivity index (χ0v) is 10.2. The highest BCUT2D eigenvalue weighted by molar-refractivity contribution is 5.94. The van der Waals surface area contributed by atoms with Gasteiger partial charge in [-0.3, -0.25) is 4.79 Å². The standard InChI is InChI=1S/C13H14O5/c1-9(14)10-5-6-11(12(8-10)17-2)18-7-3-4-13(15)16/h3-6,8H,7H2,1-2H3,(H,15,16). The molecular formula is C13H14O5. The lowest BCUT2D eigenvalue weighted by molar-refractivity contribution is -0.131. The van der Waals surface area contributed by atoms with Gasteiger partial charge < -0.3 is 14.6 Å². The normalized spacial score (nSPS) is 10.3. The number of carbonyl (C=O) groups is 2. The number of methoxy groups -OCH3 is 1. The van der Waals surface area contributed by atoms with Gasteiger partial charge in [0.25, 0.3) is 0 Å². The summed E-state index contributed by atoms with van der Waals surface area (Å²) in [6.45, 7) is 1.58. The molecule has 1 aromatic carbocycles. The minimum absolute atomic E-state index is 0.0642. The summed E-state index contributed by atoms with van der Waals surface area (Å²) in [5.74, 6) is -0.202. The average molecular weight is 250 g/mol. The van der Waals surface area contributed by atoms with E-state index in [9.17, 15) is 9.59 Å². The van der Waals surface area contributed by atoms with Crippen LogP contribution >= 0.6 is 0 Å². The third kappa shape index (κ3) is 3.93. The van der Waals surface area contributed by atoms with Gasteiger partial charge in [-0.05, 0) is 31.2 Å². The van der Waals surface area contributed by atoms with Gasteiger partial charge in [0, 0.05) is 11.6 Å². The Morgan fingerprint density at radius 1 is 1.33 bits per heavy atom. The largest absolute Gasteiger partial charge is 0.493 e. The number of aliphatic carboxylic acids is 1. The molecule has 1 N–H and O–H groups in total. The summed E-state index contributed by atoms with van der Waals surface area (Å²) in [7, 11) is 1.47. The second kappa shape index (κ2) is 6.44. The van der Waals surface area contributed by atoms with Crippen LogP contribution in [0, 0.1) is 0 Å². The van der Waals surface area contributed by atoms with Gasteiger partial charge >= 0.3 is 5.97 Å². The van der Waals surface area contributed by atoms with Crippen LogP contribution in [0.3, 0.4) is 0 Å². The number of hydrogen-bond donors (Lipinski definition) is 1. The molecule has 18 heavy (non-hydrogen) atoms. The van der Waals surface area contributed by atoms with Crippen molar-refractivity contribution in [3.63, 3.8) is 0 Å². The van der Waals surface area contributed by atoms with E-state index in [1.807, 2.05) is 0 Å². The number of rotatable bonds is 6. The molecule has 0 atom stereocenters. The number of hydrogen-bond acceptors (Lipinski definition) is 4. The van der Waals surface area contributed by atoms with Gasteiger partial charge in [0.15, 0.2) is 17.3 Å². The molecule has 0 aliphatic heterocycles. The fraction of sp³-hybridized carbons (Fsp3) is 0.231. The maximum absolute atomic E-state index is 11.2. The van der Waals surface area contributed by atoms with Crippen molar-refractivity contribution < 1.29 is 24.2 Å². The summed E-state index contributed by atoms with van der Waals surface area (Å²) in [6, 6.07) is 4.82. The highest BCUT2D eigenvalue weighted by Crippen LogP contribution is 2.28. The molecule has 1 rings (SSSR count). The topological polar surface area (TPSA) is 72.8 Å². The van der Waals surface area contributed by atoms with Crippen LogP contribution in [0.5, 0.6) is 11.5 Å². The zero-order chi connectivity index (χ0) is 13.5. The van der Waals surface area contributed by atoms with Crippen molar-refractivity contribution in [2.75, 3.05) is 13.7 Å².